The van der Waals surface area contributed by atoms with E-state index in [0.29, 0.717) is 6.04 Å². The maximum atomic E-state index is 4.42. The van der Waals surface area contributed by atoms with Crippen LogP contribution in [0.3, 0.4) is 0 Å². The van der Waals surface area contributed by atoms with Gasteiger partial charge in [0.1, 0.15) is 0 Å². The Morgan fingerprint density at radius 2 is 1.79 bits per heavy atom. The molecule has 0 atom stereocenters. The second-order valence-corrected chi connectivity index (χ2v) is 5.81. The number of hydrogen-bond donors (Lipinski definition) is 0. The lowest BCUT2D eigenvalue weighted by Crippen LogP contribution is -2.15. The molecule has 0 amide bonds. The molecular formula is C15H19N3S. The standard InChI is InChI=1S/C15H19N3S/c1-19-15-17-16-14(12-8-4-2-5-9-12)18(15)13-10-6-3-7-11-13/h2,4-5,8-9,13H,3,6-7,10-11H2,1H3. The van der Waals surface area contributed by atoms with Gasteiger partial charge in [-0.25, -0.2) is 0 Å². The van der Waals surface area contributed by atoms with Gasteiger partial charge in [-0.2, -0.15) is 0 Å². The van der Waals surface area contributed by atoms with Crippen molar-refractivity contribution in [1.29, 1.82) is 0 Å². The third-order valence-corrected chi connectivity index (χ3v) is 4.46. The number of thioether (sulfide) groups is 1. The fourth-order valence-corrected chi connectivity index (χ4v) is 3.42. The maximum absolute atomic E-state index is 4.42. The molecule has 0 unspecified atom stereocenters. The zero-order valence-electron chi connectivity index (χ0n) is 11.2. The molecule has 4 heteroatoms. The van der Waals surface area contributed by atoms with Gasteiger partial charge in [0, 0.05) is 11.6 Å². The van der Waals surface area contributed by atoms with Gasteiger partial charge in [-0.3, -0.25) is 4.57 Å². The molecule has 2 aromatic rings. The Kier molecular flexibility index (Phi) is 3.87. The summed E-state index contributed by atoms with van der Waals surface area (Å²) in [6, 6.07) is 11.0. The average Bonchev–Trinajstić information content (AvgIpc) is 2.93. The number of nitrogens with zero attached hydrogens (tertiary/aromatic N) is 3. The smallest absolute Gasteiger partial charge is 0.191 e. The molecule has 1 aromatic heterocycles. The van der Waals surface area contributed by atoms with Crippen LogP contribution in [-0.2, 0) is 0 Å². The third kappa shape index (κ3) is 2.54. The highest BCUT2D eigenvalue weighted by molar-refractivity contribution is 7.98. The van der Waals surface area contributed by atoms with E-state index >= 15 is 0 Å². The Morgan fingerprint density at radius 1 is 1.05 bits per heavy atom. The van der Waals surface area contributed by atoms with Crippen molar-refractivity contribution in [3.8, 4) is 11.4 Å². The Labute approximate surface area is 118 Å². The fraction of sp³-hybridized carbons (Fsp3) is 0.467. The Balaban J connectivity index is 2.03. The number of rotatable bonds is 3. The molecule has 1 aliphatic rings. The molecule has 3 nitrogen and oxygen atoms in total. The summed E-state index contributed by atoms with van der Waals surface area (Å²) in [6.07, 6.45) is 8.61. The molecular weight excluding hydrogens is 254 g/mol. The molecule has 1 fully saturated rings. The van der Waals surface area contributed by atoms with Crippen molar-refractivity contribution in [2.45, 2.75) is 43.3 Å². The Hall–Kier alpha value is -1.29. The van der Waals surface area contributed by atoms with Gasteiger partial charge in [-0.15, -0.1) is 10.2 Å². The van der Waals surface area contributed by atoms with Crippen LogP contribution in [0.25, 0.3) is 11.4 Å². The van der Waals surface area contributed by atoms with Crippen LogP contribution >= 0.6 is 11.8 Å². The second kappa shape index (κ2) is 5.78. The van der Waals surface area contributed by atoms with E-state index in [0.717, 1.165) is 11.0 Å². The van der Waals surface area contributed by atoms with E-state index in [2.05, 4.69) is 45.3 Å². The van der Waals surface area contributed by atoms with E-state index in [9.17, 15) is 0 Å². The molecule has 19 heavy (non-hydrogen) atoms. The van der Waals surface area contributed by atoms with Crippen molar-refractivity contribution in [2.24, 2.45) is 0 Å². The van der Waals surface area contributed by atoms with Crippen LogP contribution in [-0.4, -0.2) is 21.0 Å². The van der Waals surface area contributed by atoms with Crippen molar-refractivity contribution in [3.63, 3.8) is 0 Å². The van der Waals surface area contributed by atoms with Crippen molar-refractivity contribution in [3.05, 3.63) is 30.3 Å². The average molecular weight is 273 g/mol. The summed E-state index contributed by atoms with van der Waals surface area (Å²) in [4.78, 5) is 0. The van der Waals surface area contributed by atoms with Crippen LogP contribution in [0, 0.1) is 0 Å². The normalized spacial score (nSPS) is 16.7. The highest BCUT2D eigenvalue weighted by Crippen LogP contribution is 2.34. The SMILES string of the molecule is CSc1nnc(-c2ccccc2)n1C1CCCCC1. The van der Waals surface area contributed by atoms with E-state index < -0.39 is 0 Å². The number of aromatic nitrogens is 3. The number of benzene rings is 1. The molecule has 0 bridgehead atoms. The lowest BCUT2D eigenvalue weighted by molar-refractivity contribution is 0.339. The first-order valence-corrected chi connectivity index (χ1v) is 8.17. The first-order chi connectivity index (χ1) is 9.40. The van der Waals surface area contributed by atoms with Gasteiger partial charge in [0.2, 0.25) is 0 Å². The third-order valence-electron chi connectivity index (χ3n) is 3.82. The van der Waals surface area contributed by atoms with Gasteiger partial charge in [0.15, 0.2) is 11.0 Å². The minimum Gasteiger partial charge on any atom is -0.299 e. The lowest BCUT2D eigenvalue weighted by Gasteiger charge is -2.25. The highest BCUT2D eigenvalue weighted by Gasteiger charge is 2.22. The van der Waals surface area contributed by atoms with Crippen LogP contribution in [0.2, 0.25) is 0 Å². The molecule has 0 radical (unpaired) electrons. The minimum atomic E-state index is 0.571. The Bertz CT molecular complexity index is 530. The predicted molar refractivity (Wildman–Crippen MR) is 79.4 cm³/mol. The van der Waals surface area contributed by atoms with Crippen LogP contribution < -0.4 is 0 Å². The van der Waals surface area contributed by atoms with E-state index in [1.807, 2.05) is 6.07 Å². The first kappa shape index (κ1) is 12.7. The molecule has 1 saturated carbocycles. The zero-order chi connectivity index (χ0) is 13.1. The molecule has 0 spiro atoms. The quantitative estimate of drug-likeness (QED) is 0.786. The van der Waals surface area contributed by atoms with Gasteiger partial charge in [-0.05, 0) is 19.1 Å². The predicted octanol–water partition coefficient (Wildman–Crippen LogP) is 4.17. The van der Waals surface area contributed by atoms with E-state index in [-0.39, 0.29) is 0 Å². The molecule has 0 N–H and O–H groups in total. The van der Waals surface area contributed by atoms with Crippen molar-refractivity contribution in [2.75, 3.05) is 6.26 Å². The maximum Gasteiger partial charge on any atom is 0.191 e. The van der Waals surface area contributed by atoms with Crippen LogP contribution in [0.15, 0.2) is 35.5 Å². The number of hydrogen-bond acceptors (Lipinski definition) is 3. The highest BCUT2D eigenvalue weighted by atomic mass is 32.2. The summed E-state index contributed by atoms with van der Waals surface area (Å²) < 4.78 is 2.36. The van der Waals surface area contributed by atoms with Crippen molar-refractivity contribution < 1.29 is 0 Å². The second-order valence-electron chi connectivity index (χ2n) is 5.04. The van der Waals surface area contributed by atoms with Gasteiger partial charge in [0.05, 0.1) is 0 Å². The van der Waals surface area contributed by atoms with E-state index in [1.54, 1.807) is 11.8 Å². The van der Waals surface area contributed by atoms with Crippen LogP contribution in [0.4, 0.5) is 0 Å². The molecule has 3 rings (SSSR count). The molecule has 1 aliphatic carbocycles. The molecule has 0 saturated heterocycles. The topological polar surface area (TPSA) is 30.7 Å². The summed E-state index contributed by atoms with van der Waals surface area (Å²) in [5, 5.41) is 9.83. The summed E-state index contributed by atoms with van der Waals surface area (Å²) >= 11 is 1.69. The van der Waals surface area contributed by atoms with Crippen molar-refractivity contribution in [1.82, 2.24) is 14.8 Å². The monoisotopic (exact) mass is 273 g/mol. The Morgan fingerprint density at radius 3 is 2.47 bits per heavy atom. The van der Waals surface area contributed by atoms with E-state index in [4.69, 9.17) is 0 Å². The largest absolute Gasteiger partial charge is 0.299 e. The van der Waals surface area contributed by atoms with Crippen LogP contribution in [0.5, 0.6) is 0 Å². The fourth-order valence-electron chi connectivity index (χ4n) is 2.87. The minimum absolute atomic E-state index is 0.571. The molecule has 1 heterocycles. The molecule has 0 aliphatic heterocycles. The van der Waals surface area contributed by atoms with Gasteiger partial charge in [-0.1, -0.05) is 61.4 Å². The molecule has 100 valence electrons. The van der Waals surface area contributed by atoms with E-state index in [1.165, 1.54) is 37.7 Å². The summed E-state index contributed by atoms with van der Waals surface area (Å²) in [5.41, 5.74) is 1.17. The molecule has 1 aromatic carbocycles. The van der Waals surface area contributed by atoms with Gasteiger partial charge in [0.25, 0.3) is 0 Å². The van der Waals surface area contributed by atoms with Crippen LogP contribution in [0.1, 0.15) is 38.1 Å². The van der Waals surface area contributed by atoms with Gasteiger partial charge < -0.3 is 0 Å². The zero-order valence-corrected chi connectivity index (χ0v) is 12.1. The first-order valence-electron chi connectivity index (χ1n) is 6.94. The lowest BCUT2D eigenvalue weighted by atomic mass is 9.95. The summed E-state index contributed by atoms with van der Waals surface area (Å²) in [7, 11) is 0. The summed E-state index contributed by atoms with van der Waals surface area (Å²) in [6.45, 7) is 0. The van der Waals surface area contributed by atoms with Gasteiger partial charge >= 0.3 is 0 Å². The van der Waals surface area contributed by atoms with Crippen molar-refractivity contribution >= 4 is 11.8 Å². The summed E-state index contributed by atoms with van der Waals surface area (Å²) in [5.74, 6) is 1.02.